The number of anilines is 1. The van der Waals surface area contributed by atoms with Crippen LogP contribution in [0.5, 0.6) is 5.75 Å². The highest BCUT2D eigenvalue weighted by atomic mass is 16.5. The first kappa shape index (κ1) is 14.4. The first-order valence-electron chi connectivity index (χ1n) is 6.08. The number of nitrogens with two attached hydrogens (primary N) is 1. The van der Waals surface area contributed by atoms with Crippen molar-refractivity contribution >= 4 is 17.4 Å². The Balaban J connectivity index is 1.98. The van der Waals surface area contributed by atoms with Gasteiger partial charge in [-0.1, -0.05) is 17.3 Å². The van der Waals surface area contributed by atoms with E-state index in [4.69, 9.17) is 15.7 Å². The minimum Gasteiger partial charge on any atom is -0.483 e. The van der Waals surface area contributed by atoms with Gasteiger partial charge in [-0.05, 0) is 12.1 Å². The number of hydrogen-bond donors (Lipinski definition) is 3. The zero-order valence-corrected chi connectivity index (χ0v) is 11.4. The van der Waals surface area contributed by atoms with Gasteiger partial charge in [0, 0.05) is 13.2 Å². The molecule has 8 nitrogen and oxygen atoms in total. The van der Waals surface area contributed by atoms with Crippen LogP contribution in [-0.4, -0.2) is 33.3 Å². The van der Waals surface area contributed by atoms with Crippen LogP contribution in [0.1, 0.15) is 5.56 Å². The Morgan fingerprint density at radius 1 is 1.52 bits per heavy atom. The molecule has 1 heterocycles. The number of carbonyl (C=O) groups excluding carboxylic acids is 1. The Hall–Kier alpha value is -3.03. The van der Waals surface area contributed by atoms with Gasteiger partial charge in [0.25, 0.3) is 5.91 Å². The van der Waals surface area contributed by atoms with Crippen molar-refractivity contribution in [2.75, 3.05) is 11.9 Å². The lowest BCUT2D eigenvalue weighted by Crippen LogP contribution is -2.21. The molecule has 0 spiro atoms. The van der Waals surface area contributed by atoms with Crippen molar-refractivity contribution in [3.05, 3.63) is 42.2 Å². The molecular formula is C13H15N5O3. The van der Waals surface area contributed by atoms with E-state index in [0.29, 0.717) is 17.0 Å². The number of rotatable bonds is 5. The average Bonchev–Trinajstić information content (AvgIpc) is 2.89. The van der Waals surface area contributed by atoms with Crippen molar-refractivity contribution in [2.24, 2.45) is 17.9 Å². The van der Waals surface area contributed by atoms with Crippen molar-refractivity contribution in [2.45, 2.75) is 0 Å². The molecule has 2 rings (SSSR count). The number of aryl methyl sites for hydroxylation is 1. The molecule has 110 valence electrons. The Bertz CT molecular complexity index is 665. The molecule has 0 radical (unpaired) electrons. The van der Waals surface area contributed by atoms with E-state index in [-0.39, 0.29) is 18.3 Å². The summed E-state index contributed by atoms with van der Waals surface area (Å²) in [6.45, 7) is -0.204. The topological polar surface area (TPSA) is 115 Å². The summed E-state index contributed by atoms with van der Waals surface area (Å²) in [4.78, 5) is 11.8. The molecule has 0 aliphatic heterocycles. The van der Waals surface area contributed by atoms with Crippen LogP contribution in [0, 0.1) is 0 Å². The van der Waals surface area contributed by atoms with Gasteiger partial charge in [-0.2, -0.15) is 5.10 Å². The van der Waals surface area contributed by atoms with Gasteiger partial charge in [-0.3, -0.25) is 9.48 Å². The van der Waals surface area contributed by atoms with E-state index in [9.17, 15) is 4.79 Å². The molecule has 0 fully saturated rings. The number of benzene rings is 1. The summed E-state index contributed by atoms with van der Waals surface area (Å²) in [5.41, 5.74) is 6.53. The third kappa shape index (κ3) is 3.72. The second-order valence-electron chi connectivity index (χ2n) is 4.22. The summed E-state index contributed by atoms with van der Waals surface area (Å²) in [6, 6.07) is 6.70. The summed E-state index contributed by atoms with van der Waals surface area (Å²) in [5.74, 6) is -0.0651. The fraction of sp³-hybridized carbons (Fsp3) is 0.154. The van der Waals surface area contributed by atoms with Gasteiger partial charge in [0.15, 0.2) is 12.4 Å². The molecule has 0 saturated heterocycles. The van der Waals surface area contributed by atoms with Crippen molar-refractivity contribution in [3.8, 4) is 5.75 Å². The number of amidine groups is 1. The maximum Gasteiger partial charge on any atom is 0.262 e. The zero-order valence-electron chi connectivity index (χ0n) is 11.4. The third-order valence-corrected chi connectivity index (χ3v) is 2.62. The molecule has 8 heteroatoms. The number of nitrogens with zero attached hydrogens (tertiary/aromatic N) is 3. The van der Waals surface area contributed by atoms with E-state index in [1.165, 1.54) is 6.20 Å². The highest BCUT2D eigenvalue weighted by Crippen LogP contribution is 2.17. The van der Waals surface area contributed by atoms with E-state index < -0.39 is 0 Å². The van der Waals surface area contributed by atoms with E-state index in [0.717, 1.165) is 0 Å². The number of carbonyl (C=O) groups is 1. The lowest BCUT2D eigenvalue weighted by atomic mass is 10.2. The van der Waals surface area contributed by atoms with Gasteiger partial charge in [-0.25, -0.2) is 0 Å². The summed E-state index contributed by atoms with van der Waals surface area (Å²) >= 11 is 0. The number of oxime groups is 1. The van der Waals surface area contributed by atoms with Crippen LogP contribution in [0.4, 0.5) is 5.69 Å². The predicted octanol–water partition coefficient (Wildman–Crippen LogP) is 0.532. The van der Waals surface area contributed by atoms with Crippen molar-refractivity contribution < 1.29 is 14.7 Å². The van der Waals surface area contributed by atoms with E-state index in [1.54, 1.807) is 42.2 Å². The van der Waals surface area contributed by atoms with Crippen LogP contribution in [0.25, 0.3) is 0 Å². The van der Waals surface area contributed by atoms with Crippen LogP contribution in [0.3, 0.4) is 0 Å². The van der Waals surface area contributed by atoms with Gasteiger partial charge < -0.3 is 21.0 Å². The Morgan fingerprint density at radius 3 is 2.95 bits per heavy atom. The maximum atomic E-state index is 11.8. The lowest BCUT2D eigenvalue weighted by Gasteiger charge is -2.10. The molecule has 0 aliphatic rings. The predicted molar refractivity (Wildman–Crippen MR) is 76.3 cm³/mol. The second kappa shape index (κ2) is 6.42. The van der Waals surface area contributed by atoms with Crippen LogP contribution >= 0.6 is 0 Å². The van der Waals surface area contributed by atoms with E-state index in [2.05, 4.69) is 15.6 Å². The normalized spacial score (nSPS) is 11.2. The molecule has 1 aromatic carbocycles. The van der Waals surface area contributed by atoms with Gasteiger partial charge in [0.05, 0.1) is 17.4 Å². The summed E-state index contributed by atoms with van der Waals surface area (Å²) in [7, 11) is 1.75. The molecular weight excluding hydrogens is 274 g/mol. The van der Waals surface area contributed by atoms with Gasteiger partial charge in [-0.15, -0.1) is 0 Å². The molecule has 2 aromatic rings. The fourth-order valence-corrected chi connectivity index (χ4v) is 1.68. The van der Waals surface area contributed by atoms with Gasteiger partial charge in [0.2, 0.25) is 0 Å². The third-order valence-electron chi connectivity index (χ3n) is 2.62. The van der Waals surface area contributed by atoms with Crippen molar-refractivity contribution in [1.29, 1.82) is 0 Å². The number of para-hydroxylation sites is 1. The van der Waals surface area contributed by atoms with Gasteiger partial charge in [0.1, 0.15) is 5.75 Å². The summed E-state index contributed by atoms with van der Waals surface area (Å²) in [5, 5.41) is 18.2. The maximum absolute atomic E-state index is 11.8. The fourth-order valence-electron chi connectivity index (χ4n) is 1.68. The number of hydrogen-bond acceptors (Lipinski definition) is 5. The zero-order chi connectivity index (χ0) is 15.2. The highest BCUT2D eigenvalue weighted by Gasteiger charge is 2.10. The van der Waals surface area contributed by atoms with Crippen LogP contribution < -0.4 is 15.8 Å². The van der Waals surface area contributed by atoms with Crippen molar-refractivity contribution in [3.63, 3.8) is 0 Å². The monoisotopic (exact) mass is 289 g/mol. The number of ether oxygens (including phenoxy) is 1. The van der Waals surface area contributed by atoms with Crippen LogP contribution in [0.2, 0.25) is 0 Å². The molecule has 21 heavy (non-hydrogen) atoms. The average molecular weight is 289 g/mol. The Labute approximate surface area is 120 Å². The van der Waals surface area contributed by atoms with Gasteiger partial charge >= 0.3 is 0 Å². The molecule has 0 saturated carbocycles. The van der Waals surface area contributed by atoms with E-state index in [1.807, 2.05) is 0 Å². The highest BCUT2D eigenvalue weighted by molar-refractivity contribution is 5.99. The number of aromatic nitrogens is 2. The first-order chi connectivity index (χ1) is 10.1. The molecule has 0 unspecified atom stereocenters. The smallest absolute Gasteiger partial charge is 0.262 e. The quantitative estimate of drug-likeness (QED) is 0.321. The summed E-state index contributed by atoms with van der Waals surface area (Å²) in [6.07, 6.45) is 3.20. The Morgan fingerprint density at radius 2 is 2.29 bits per heavy atom. The van der Waals surface area contributed by atoms with Crippen LogP contribution in [-0.2, 0) is 11.8 Å². The second-order valence-corrected chi connectivity index (χ2v) is 4.22. The van der Waals surface area contributed by atoms with Crippen molar-refractivity contribution in [1.82, 2.24) is 9.78 Å². The number of amides is 1. The minimum absolute atomic E-state index is 0.0849. The first-order valence-corrected chi connectivity index (χ1v) is 6.08. The number of nitrogens with one attached hydrogen (secondary N) is 1. The van der Waals surface area contributed by atoms with E-state index >= 15 is 0 Å². The standard InChI is InChI=1S/C13H15N5O3/c1-18-7-9(6-15-18)16-12(19)8-21-11-5-3-2-4-10(11)13(14)17-20/h2-7,20H,8H2,1H3,(H2,14,17)(H,16,19). The molecule has 0 aliphatic carbocycles. The Kier molecular flexibility index (Phi) is 4.39. The largest absolute Gasteiger partial charge is 0.483 e. The minimum atomic E-state index is -0.336. The summed E-state index contributed by atoms with van der Waals surface area (Å²) < 4.78 is 6.96. The molecule has 0 atom stereocenters. The molecule has 1 aromatic heterocycles. The SMILES string of the molecule is Cn1cc(NC(=O)COc2ccccc2/C(N)=N/O)cn1. The lowest BCUT2D eigenvalue weighted by molar-refractivity contribution is -0.118. The molecule has 1 amide bonds. The molecule has 0 bridgehead atoms. The molecule has 4 N–H and O–H groups in total. The van der Waals surface area contributed by atoms with Crippen LogP contribution in [0.15, 0.2) is 41.8 Å².